The molecule has 0 amide bonds. The zero-order valence-corrected chi connectivity index (χ0v) is 11.8. The van der Waals surface area contributed by atoms with Crippen LogP contribution in [0.5, 0.6) is 0 Å². The Labute approximate surface area is 115 Å². The molecule has 2 aromatic rings. The largest absolute Gasteiger partial charge is 0.313 e. The quantitative estimate of drug-likeness (QED) is 0.814. The predicted molar refractivity (Wildman–Crippen MR) is 75.3 cm³/mol. The molecule has 2 rings (SSSR count). The molecule has 2 aromatic heterocycles. The fraction of sp³-hybridized carbons (Fsp3) is 0.308. The van der Waals surface area contributed by atoms with Gasteiger partial charge in [-0.1, -0.05) is 13.0 Å². The van der Waals surface area contributed by atoms with E-state index >= 15 is 0 Å². The Kier molecular flexibility index (Phi) is 4.70. The van der Waals surface area contributed by atoms with E-state index in [1.54, 1.807) is 0 Å². The third-order valence-electron chi connectivity index (χ3n) is 2.51. The average Bonchev–Trinajstić information content (AvgIpc) is 2.39. The second-order valence-corrected chi connectivity index (χ2v) is 5.06. The van der Waals surface area contributed by atoms with Crippen LogP contribution in [0.4, 0.5) is 0 Å². The molecule has 0 atom stereocenters. The summed E-state index contributed by atoms with van der Waals surface area (Å²) < 4.78 is 0. The van der Waals surface area contributed by atoms with E-state index in [0.29, 0.717) is 5.16 Å². The number of aromatic nitrogens is 3. The van der Waals surface area contributed by atoms with Gasteiger partial charge >= 0.3 is 0 Å². The molecule has 19 heavy (non-hydrogen) atoms. The first kappa shape index (κ1) is 13.8. The Morgan fingerprint density at radius 2 is 2.26 bits per heavy atom. The summed E-state index contributed by atoms with van der Waals surface area (Å²) in [7, 11) is 0. The van der Waals surface area contributed by atoms with Gasteiger partial charge in [0.1, 0.15) is 5.03 Å². The number of aromatic amines is 1. The lowest BCUT2D eigenvalue weighted by atomic mass is 10.2. The minimum Gasteiger partial charge on any atom is -0.313 e. The number of aryl methyl sites for hydroxylation is 1. The zero-order valence-electron chi connectivity index (χ0n) is 10.9. The fourth-order valence-corrected chi connectivity index (χ4v) is 2.36. The van der Waals surface area contributed by atoms with Gasteiger partial charge in [-0.25, -0.2) is 9.97 Å². The highest BCUT2D eigenvalue weighted by Crippen LogP contribution is 2.25. The Morgan fingerprint density at radius 1 is 1.42 bits per heavy atom. The Balaban J connectivity index is 2.15. The molecular weight excluding hydrogens is 260 g/mol. The Morgan fingerprint density at radius 3 is 2.95 bits per heavy atom. The minimum atomic E-state index is -0.154. The third kappa shape index (κ3) is 3.90. The number of H-pyrrole nitrogens is 1. The molecule has 0 spiro atoms. The fourth-order valence-electron chi connectivity index (χ4n) is 1.59. The minimum absolute atomic E-state index is 0.154. The maximum atomic E-state index is 11.2. The molecule has 0 aliphatic rings. The first-order valence-corrected chi connectivity index (χ1v) is 6.90. The van der Waals surface area contributed by atoms with E-state index in [-0.39, 0.29) is 5.56 Å². The molecule has 0 aliphatic heterocycles. The first-order chi connectivity index (χ1) is 9.19. The maximum Gasteiger partial charge on any atom is 0.251 e. The molecule has 0 aliphatic carbocycles. The van der Waals surface area contributed by atoms with Gasteiger partial charge in [-0.05, 0) is 36.4 Å². The van der Waals surface area contributed by atoms with Crippen LogP contribution in [-0.2, 0) is 6.54 Å². The van der Waals surface area contributed by atoms with Gasteiger partial charge in [-0.3, -0.25) is 4.79 Å². The van der Waals surface area contributed by atoms with Gasteiger partial charge in [0, 0.05) is 25.0 Å². The number of nitrogens with one attached hydrogen (secondary N) is 2. The normalized spacial score (nSPS) is 10.6. The van der Waals surface area contributed by atoms with E-state index in [9.17, 15) is 4.79 Å². The summed E-state index contributed by atoms with van der Waals surface area (Å²) in [5.41, 5.74) is 2.07. The molecule has 0 bridgehead atoms. The number of hydrogen-bond donors (Lipinski definition) is 2. The van der Waals surface area contributed by atoms with Gasteiger partial charge in [-0.2, -0.15) is 0 Å². The Bertz CT molecular complexity index is 612. The smallest absolute Gasteiger partial charge is 0.251 e. The van der Waals surface area contributed by atoms with Gasteiger partial charge in [0.05, 0.1) is 0 Å². The van der Waals surface area contributed by atoms with Crippen LogP contribution in [0.2, 0.25) is 0 Å². The zero-order chi connectivity index (χ0) is 13.7. The van der Waals surface area contributed by atoms with Crippen LogP contribution in [0.3, 0.4) is 0 Å². The first-order valence-electron chi connectivity index (χ1n) is 6.08. The molecule has 100 valence electrons. The van der Waals surface area contributed by atoms with Crippen molar-refractivity contribution in [1.82, 2.24) is 20.3 Å². The van der Waals surface area contributed by atoms with Gasteiger partial charge < -0.3 is 10.3 Å². The van der Waals surface area contributed by atoms with Gasteiger partial charge in [-0.15, -0.1) is 0 Å². The van der Waals surface area contributed by atoms with Gasteiger partial charge in [0.15, 0.2) is 5.16 Å². The second-order valence-electron chi connectivity index (χ2n) is 4.09. The number of rotatable bonds is 5. The van der Waals surface area contributed by atoms with Crippen molar-refractivity contribution in [1.29, 1.82) is 0 Å². The predicted octanol–water partition coefficient (Wildman–Crippen LogP) is 1.73. The lowest BCUT2D eigenvalue weighted by molar-refractivity contribution is 0.721. The SMILES string of the molecule is CCNCc1cnc(Sc2nccc(=O)[nH]2)c(C)c1. The van der Waals surface area contributed by atoms with Crippen molar-refractivity contribution in [2.24, 2.45) is 0 Å². The summed E-state index contributed by atoms with van der Waals surface area (Å²) >= 11 is 1.36. The lowest BCUT2D eigenvalue weighted by Gasteiger charge is -2.07. The topological polar surface area (TPSA) is 70.7 Å². The molecule has 5 nitrogen and oxygen atoms in total. The van der Waals surface area contributed by atoms with Crippen molar-refractivity contribution in [3.8, 4) is 0 Å². The van der Waals surface area contributed by atoms with Crippen LogP contribution in [-0.4, -0.2) is 21.5 Å². The summed E-state index contributed by atoms with van der Waals surface area (Å²) in [6.07, 6.45) is 3.34. The number of hydrogen-bond acceptors (Lipinski definition) is 5. The summed E-state index contributed by atoms with van der Waals surface area (Å²) in [6, 6.07) is 3.49. The molecule has 2 heterocycles. The lowest BCUT2D eigenvalue weighted by Crippen LogP contribution is -2.12. The van der Waals surface area contributed by atoms with Crippen molar-refractivity contribution in [3.63, 3.8) is 0 Å². The second kappa shape index (κ2) is 6.49. The van der Waals surface area contributed by atoms with E-state index in [0.717, 1.165) is 29.2 Å². The highest BCUT2D eigenvalue weighted by atomic mass is 32.2. The van der Waals surface area contributed by atoms with Crippen LogP contribution in [0, 0.1) is 6.92 Å². The van der Waals surface area contributed by atoms with Crippen LogP contribution in [0.25, 0.3) is 0 Å². The summed E-state index contributed by atoms with van der Waals surface area (Å²) in [5.74, 6) is 0. The van der Waals surface area contributed by atoms with Crippen LogP contribution in [0.15, 0.2) is 39.5 Å². The molecule has 0 saturated heterocycles. The highest BCUT2D eigenvalue weighted by Gasteiger charge is 2.05. The van der Waals surface area contributed by atoms with E-state index in [4.69, 9.17) is 0 Å². The molecule has 0 fully saturated rings. The number of nitrogens with zero attached hydrogens (tertiary/aromatic N) is 2. The summed E-state index contributed by atoms with van der Waals surface area (Å²) in [4.78, 5) is 22.4. The van der Waals surface area contributed by atoms with Crippen molar-refractivity contribution in [2.75, 3.05) is 6.54 Å². The Hall–Kier alpha value is -1.66. The van der Waals surface area contributed by atoms with E-state index in [1.165, 1.54) is 24.0 Å². The molecule has 0 radical (unpaired) electrons. The van der Waals surface area contributed by atoms with E-state index in [2.05, 4.69) is 33.3 Å². The van der Waals surface area contributed by atoms with Crippen molar-refractivity contribution in [3.05, 3.63) is 46.0 Å². The van der Waals surface area contributed by atoms with Crippen LogP contribution in [0.1, 0.15) is 18.1 Å². The van der Waals surface area contributed by atoms with E-state index < -0.39 is 0 Å². The molecular formula is C13H16N4OS. The highest BCUT2D eigenvalue weighted by molar-refractivity contribution is 7.99. The molecule has 2 N–H and O–H groups in total. The maximum absolute atomic E-state index is 11.2. The van der Waals surface area contributed by atoms with Crippen molar-refractivity contribution >= 4 is 11.8 Å². The molecule has 0 saturated carbocycles. The van der Waals surface area contributed by atoms with Gasteiger partial charge in [0.25, 0.3) is 5.56 Å². The van der Waals surface area contributed by atoms with Crippen LogP contribution < -0.4 is 10.9 Å². The summed E-state index contributed by atoms with van der Waals surface area (Å²) in [5, 5.41) is 4.68. The molecule has 6 heteroatoms. The van der Waals surface area contributed by atoms with E-state index in [1.807, 2.05) is 13.1 Å². The number of pyridine rings is 1. The molecule has 0 aromatic carbocycles. The molecule has 0 unspecified atom stereocenters. The standard InChI is InChI=1S/C13H16N4OS/c1-3-14-7-10-6-9(2)12(16-8-10)19-13-15-5-4-11(18)17-13/h4-6,8,14H,3,7H2,1-2H3,(H,15,17,18). The van der Waals surface area contributed by atoms with Crippen LogP contribution >= 0.6 is 11.8 Å². The van der Waals surface area contributed by atoms with Gasteiger partial charge in [0.2, 0.25) is 0 Å². The monoisotopic (exact) mass is 276 g/mol. The van der Waals surface area contributed by atoms with Crippen molar-refractivity contribution in [2.45, 2.75) is 30.6 Å². The average molecular weight is 276 g/mol. The summed E-state index contributed by atoms with van der Waals surface area (Å²) in [6.45, 7) is 5.83. The van der Waals surface area contributed by atoms with Crippen molar-refractivity contribution < 1.29 is 0 Å². The third-order valence-corrected chi connectivity index (χ3v) is 3.53.